The van der Waals surface area contributed by atoms with Crippen molar-refractivity contribution in [2.75, 3.05) is 13.6 Å². The second-order valence-electron chi connectivity index (χ2n) is 7.49. The van der Waals surface area contributed by atoms with Crippen LogP contribution >= 0.6 is 0 Å². The summed E-state index contributed by atoms with van der Waals surface area (Å²) in [7, 11) is 2.24. The summed E-state index contributed by atoms with van der Waals surface area (Å²) < 4.78 is 5.44. The highest BCUT2D eigenvalue weighted by Gasteiger charge is 2.45. The van der Waals surface area contributed by atoms with Gasteiger partial charge in [0, 0.05) is 24.2 Å². The Bertz CT molecular complexity index is 463. The normalized spacial score (nSPS) is 24.0. The summed E-state index contributed by atoms with van der Waals surface area (Å²) in [6.45, 7) is 3.77. The van der Waals surface area contributed by atoms with Crippen molar-refractivity contribution in [1.29, 1.82) is 0 Å². The van der Waals surface area contributed by atoms with Gasteiger partial charge in [-0.1, -0.05) is 12.8 Å². The van der Waals surface area contributed by atoms with E-state index in [1.54, 1.807) is 6.26 Å². The molecule has 2 fully saturated rings. The Hall–Kier alpha value is -0.800. The molecule has 0 aromatic carbocycles. The molecule has 3 rings (SSSR count). The van der Waals surface area contributed by atoms with Crippen LogP contribution in [0, 0.1) is 12.3 Å². The maximum absolute atomic E-state index is 6.23. The van der Waals surface area contributed by atoms with Gasteiger partial charge in [-0.25, -0.2) is 0 Å². The van der Waals surface area contributed by atoms with E-state index in [1.165, 1.54) is 56.9 Å². The molecule has 2 saturated carbocycles. The Balaban J connectivity index is 1.68. The second kappa shape index (κ2) is 5.77. The van der Waals surface area contributed by atoms with E-state index in [2.05, 4.69) is 18.0 Å². The lowest BCUT2D eigenvalue weighted by molar-refractivity contribution is 0.0256. The molecule has 3 heteroatoms. The Labute approximate surface area is 128 Å². The van der Waals surface area contributed by atoms with Crippen molar-refractivity contribution in [1.82, 2.24) is 4.90 Å². The first-order valence-electron chi connectivity index (χ1n) is 8.54. The zero-order chi connectivity index (χ0) is 14.9. The highest BCUT2D eigenvalue weighted by Crippen LogP contribution is 2.52. The molecule has 0 atom stereocenters. The third-order valence-corrected chi connectivity index (χ3v) is 6.47. The lowest BCUT2D eigenvalue weighted by Crippen LogP contribution is -2.54. The van der Waals surface area contributed by atoms with Crippen molar-refractivity contribution in [3.8, 4) is 0 Å². The largest absolute Gasteiger partial charge is 0.469 e. The Morgan fingerprint density at radius 1 is 1.14 bits per heavy atom. The summed E-state index contributed by atoms with van der Waals surface area (Å²) in [6.07, 6.45) is 12.9. The summed E-state index contributed by atoms with van der Waals surface area (Å²) in [5, 5.41) is 0. The fraction of sp³-hybridized carbons (Fsp3) is 0.778. The van der Waals surface area contributed by atoms with Crippen LogP contribution in [0.15, 0.2) is 16.7 Å². The maximum atomic E-state index is 6.23. The number of hydrogen-bond donors (Lipinski definition) is 1. The molecular weight excluding hydrogens is 260 g/mol. The predicted molar refractivity (Wildman–Crippen MR) is 86.1 cm³/mol. The zero-order valence-corrected chi connectivity index (χ0v) is 13.7. The number of aryl methyl sites for hydroxylation is 1. The number of nitrogens with two attached hydrogens (primary N) is 1. The molecule has 1 aromatic heterocycles. The number of hydrogen-bond acceptors (Lipinski definition) is 3. The zero-order valence-electron chi connectivity index (χ0n) is 13.7. The van der Waals surface area contributed by atoms with Crippen molar-refractivity contribution in [3.05, 3.63) is 23.7 Å². The molecule has 0 bridgehead atoms. The molecule has 1 aromatic rings. The van der Waals surface area contributed by atoms with Gasteiger partial charge in [-0.2, -0.15) is 0 Å². The van der Waals surface area contributed by atoms with E-state index in [0.717, 1.165) is 18.8 Å². The molecule has 2 aliphatic rings. The highest BCUT2D eigenvalue weighted by atomic mass is 16.3. The molecule has 0 aliphatic heterocycles. The fourth-order valence-corrected chi connectivity index (χ4v) is 4.61. The maximum Gasteiger partial charge on any atom is 0.105 e. The lowest BCUT2D eigenvalue weighted by Gasteiger charge is -2.49. The Morgan fingerprint density at radius 3 is 2.33 bits per heavy atom. The minimum Gasteiger partial charge on any atom is -0.469 e. The van der Waals surface area contributed by atoms with Crippen molar-refractivity contribution in [2.45, 2.75) is 70.4 Å². The number of likely N-dealkylation sites (N-methyl/N-ethyl adjacent to an activating group) is 1. The minimum absolute atomic E-state index is 0.192. The molecule has 0 radical (unpaired) electrons. The first kappa shape index (κ1) is 15.1. The van der Waals surface area contributed by atoms with Crippen LogP contribution in [-0.2, 0) is 6.54 Å². The average molecular weight is 290 g/mol. The van der Waals surface area contributed by atoms with E-state index in [1.807, 2.05) is 6.92 Å². The van der Waals surface area contributed by atoms with Gasteiger partial charge in [-0.3, -0.25) is 4.90 Å². The van der Waals surface area contributed by atoms with E-state index in [9.17, 15) is 0 Å². The molecule has 1 spiro atoms. The average Bonchev–Trinajstić information content (AvgIpc) is 3.11. The topological polar surface area (TPSA) is 42.4 Å². The van der Waals surface area contributed by atoms with Gasteiger partial charge in [0.25, 0.3) is 0 Å². The third kappa shape index (κ3) is 2.78. The van der Waals surface area contributed by atoms with Gasteiger partial charge in [-0.15, -0.1) is 0 Å². The van der Waals surface area contributed by atoms with Gasteiger partial charge in [0.05, 0.1) is 6.26 Å². The van der Waals surface area contributed by atoms with Crippen LogP contribution in [0.25, 0.3) is 0 Å². The van der Waals surface area contributed by atoms with Crippen LogP contribution in [0.5, 0.6) is 0 Å². The standard InChI is InChI=1S/C18H30N2O/c1-15-16(5-12-21-15)13-20(2)18(14-19)10-8-17(9-11-18)6-3-4-7-17/h5,12H,3-4,6-11,13-14,19H2,1-2H3. The van der Waals surface area contributed by atoms with Crippen molar-refractivity contribution >= 4 is 0 Å². The van der Waals surface area contributed by atoms with Crippen molar-refractivity contribution in [2.24, 2.45) is 11.1 Å². The van der Waals surface area contributed by atoms with Crippen LogP contribution in [0.4, 0.5) is 0 Å². The van der Waals surface area contributed by atoms with Crippen LogP contribution in [-0.4, -0.2) is 24.0 Å². The van der Waals surface area contributed by atoms with Gasteiger partial charge >= 0.3 is 0 Å². The SMILES string of the molecule is Cc1occc1CN(C)C1(CN)CCC2(CCCC2)CC1. The fourth-order valence-electron chi connectivity index (χ4n) is 4.61. The summed E-state index contributed by atoms with van der Waals surface area (Å²) in [5.74, 6) is 1.04. The van der Waals surface area contributed by atoms with Crippen LogP contribution in [0.2, 0.25) is 0 Å². The summed E-state index contributed by atoms with van der Waals surface area (Å²) in [5.41, 5.74) is 8.39. The van der Waals surface area contributed by atoms with Crippen LogP contribution in [0.3, 0.4) is 0 Å². The monoisotopic (exact) mass is 290 g/mol. The number of rotatable bonds is 4. The van der Waals surface area contributed by atoms with E-state index in [4.69, 9.17) is 10.2 Å². The minimum atomic E-state index is 0.192. The van der Waals surface area contributed by atoms with E-state index in [-0.39, 0.29) is 5.54 Å². The molecule has 1 heterocycles. The summed E-state index contributed by atoms with van der Waals surface area (Å²) in [4.78, 5) is 2.49. The van der Waals surface area contributed by atoms with E-state index in [0.29, 0.717) is 5.41 Å². The molecule has 0 saturated heterocycles. The van der Waals surface area contributed by atoms with Gasteiger partial charge in [0.15, 0.2) is 0 Å². The molecule has 2 aliphatic carbocycles. The highest BCUT2D eigenvalue weighted by molar-refractivity contribution is 5.16. The first-order chi connectivity index (χ1) is 10.1. The lowest BCUT2D eigenvalue weighted by atomic mass is 9.66. The Morgan fingerprint density at radius 2 is 1.81 bits per heavy atom. The van der Waals surface area contributed by atoms with Crippen molar-refractivity contribution < 1.29 is 4.42 Å². The second-order valence-corrected chi connectivity index (χ2v) is 7.49. The quantitative estimate of drug-likeness (QED) is 0.916. The summed E-state index contributed by atoms with van der Waals surface area (Å²) in [6, 6.07) is 2.09. The predicted octanol–water partition coefficient (Wildman–Crippen LogP) is 3.85. The molecule has 118 valence electrons. The van der Waals surface area contributed by atoms with Gasteiger partial charge in [0.1, 0.15) is 5.76 Å². The first-order valence-corrected chi connectivity index (χ1v) is 8.54. The number of nitrogens with zero attached hydrogens (tertiary/aromatic N) is 1. The Kier molecular flexibility index (Phi) is 4.15. The third-order valence-electron chi connectivity index (χ3n) is 6.47. The summed E-state index contributed by atoms with van der Waals surface area (Å²) >= 11 is 0. The van der Waals surface area contributed by atoms with E-state index < -0.39 is 0 Å². The van der Waals surface area contributed by atoms with Crippen molar-refractivity contribution in [3.63, 3.8) is 0 Å². The van der Waals surface area contributed by atoms with Gasteiger partial charge in [-0.05, 0) is 64.0 Å². The molecule has 3 nitrogen and oxygen atoms in total. The molecule has 0 amide bonds. The van der Waals surface area contributed by atoms with Gasteiger partial charge < -0.3 is 10.2 Å². The van der Waals surface area contributed by atoms with Crippen LogP contribution in [0.1, 0.15) is 62.7 Å². The van der Waals surface area contributed by atoms with Crippen LogP contribution < -0.4 is 5.73 Å². The molecule has 0 unspecified atom stereocenters. The smallest absolute Gasteiger partial charge is 0.105 e. The molecular formula is C18H30N2O. The molecule has 21 heavy (non-hydrogen) atoms. The molecule has 2 N–H and O–H groups in total. The van der Waals surface area contributed by atoms with Gasteiger partial charge in [0.2, 0.25) is 0 Å². The van der Waals surface area contributed by atoms with E-state index >= 15 is 0 Å². The number of furan rings is 1.